The fraction of sp³-hybridized carbons (Fsp3) is 0.375. The molecule has 0 radical (unpaired) electrons. The number of phenolic OH excluding ortho intramolecular Hbond substituents is 1. The van der Waals surface area contributed by atoms with Crippen molar-refractivity contribution in [2.24, 2.45) is 0 Å². The van der Waals surface area contributed by atoms with Crippen molar-refractivity contribution in [2.45, 2.75) is 50.1 Å². The second kappa shape index (κ2) is 9.84. The van der Waals surface area contributed by atoms with Crippen molar-refractivity contribution < 1.29 is 29.7 Å². The van der Waals surface area contributed by atoms with E-state index in [0.717, 1.165) is 10.5 Å². The number of carboxylic acid groups (broad SMARTS) is 1. The van der Waals surface area contributed by atoms with Gasteiger partial charge in [0.05, 0.1) is 11.9 Å². The van der Waals surface area contributed by atoms with E-state index in [9.17, 15) is 29.7 Å². The van der Waals surface area contributed by atoms with E-state index in [2.05, 4.69) is 5.32 Å². The van der Waals surface area contributed by atoms with Gasteiger partial charge in [-0.15, -0.1) is 11.8 Å². The summed E-state index contributed by atoms with van der Waals surface area (Å²) < 4.78 is -0.724. The molecule has 2 aromatic carbocycles. The number of carboxylic acids is 1. The minimum atomic E-state index is -1.66. The average molecular weight is 473 g/mol. The number of nitrogens with zero attached hydrogens (tertiary/aromatic N) is 1. The molecule has 2 amide bonds. The van der Waals surface area contributed by atoms with Crippen LogP contribution >= 0.6 is 11.8 Å². The number of aliphatic hydroxyl groups excluding tert-OH is 1. The lowest BCUT2D eigenvalue weighted by Gasteiger charge is -2.31. The van der Waals surface area contributed by atoms with Crippen LogP contribution in [0.2, 0.25) is 0 Å². The Hall–Kier alpha value is -3.04. The molecule has 4 N–H and O–H groups in total. The maximum absolute atomic E-state index is 13.2. The molecule has 0 spiro atoms. The van der Waals surface area contributed by atoms with Crippen molar-refractivity contribution in [3.8, 4) is 5.75 Å². The molecule has 2 aromatic rings. The summed E-state index contributed by atoms with van der Waals surface area (Å²) in [4.78, 5) is 39.2. The molecule has 0 aliphatic carbocycles. The first-order chi connectivity index (χ1) is 15.5. The third-order valence-electron chi connectivity index (χ3n) is 5.86. The van der Waals surface area contributed by atoms with E-state index < -0.39 is 40.7 Å². The first-order valence-electron chi connectivity index (χ1n) is 10.5. The quantitative estimate of drug-likeness (QED) is 0.486. The summed E-state index contributed by atoms with van der Waals surface area (Å²) in [6, 6.07) is 11.5. The maximum atomic E-state index is 13.2. The minimum Gasteiger partial charge on any atom is -0.508 e. The number of amides is 2. The number of benzene rings is 2. The van der Waals surface area contributed by atoms with Gasteiger partial charge in [-0.25, -0.2) is 4.79 Å². The normalized spacial score (nSPS) is 19.0. The zero-order valence-corrected chi connectivity index (χ0v) is 19.5. The first-order valence-corrected chi connectivity index (χ1v) is 11.5. The van der Waals surface area contributed by atoms with Gasteiger partial charge in [0.25, 0.3) is 11.8 Å². The molecule has 1 aliphatic heterocycles. The number of carbonyl (C=O) groups is 3. The van der Waals surface area contributed by atoms with Crippen molar-refractivity contribution >= 4 is 29.5 Å². The van der Waals surface area contributed by atoms with Crippen LogP contribution in [0.4, 0.5) is 0 Å². The fourth-order valence-electron chi connectivity index (χ4n) is 3.95. The van der Waals surface area contributed by atoms with E-state index in [4.69, 9.17) is 0 Å². The lowest BCUT2D eigenvalue weighted by molar-refractivity contribution is -0.154. The van der Waals surface area contributed by atoms with Crippen LogP contribution in [0.1, 0.15) is 35.3 Å². The molecule has 33 heavy (non-hydrogen) atoms. The molecule has 0 bridgehead atoms. The summed E-state index contributed by atoms with van der Waals surface area (Å²) in [6.45, 7) is 5.08. The molecule has 0 saturated carbocycles. The molecule has 1 aliphatic rings. The average Bonchev–Trinajstić information content (AvgIpc) is 3.10. The van der Waals surface area contributed by atoms with E-state index in [0.29, 0.717) is 5.56 Å². The molecular formula is C24H28N2O6S. The van der Waals surface area contributed by atoms with Crippen LogP contribution in [-0.2, 0) is 16.0 Å². The Labute approximate surface area is 196 Å². The Bertz CT molecular complexity index is 1040. The summed E-state index contributed by atoms with van der Waals surface area (Å²) in [5.74, 6) is -2.38. The number of rotatable bonds is 7. The monoisotopic (exact) mass is 472 g/mol. The summed E-state index contributed by atoms with van der Waals surface area (Å²) in [6.07, 6.45) is -1.51. The summed E-state index contributed by atoms with van der Waals surface area (Å²) in [7, 11) is 0. The molecule has 0 aromatic heterocycles. The molecule has 9 heteroatoms. The highest BCUT2D eigenvalue weighted by atomic mass is 32.2. The maximum Gasteiger partial charge on any atom is 0.327 e. The number of aliphatic hydroxyl groups is 1. The molecule has 1 fully saturated rings. The molecule has 3 atom stereocenters. The lowest BCUT2D eigenvalue weighted by Crippen LogP contribution is -2.57. The topological polar surface area (TPSA) is 127 Å². The number of aromatic hydroxyl groups is 1. The molecule has 0 unspecified atom stereocenters. The van der Waals surface area contributed by atoms with E-state index in [-0.39, 0.29) is 23.6 Å². The smallest absolute Gasteiger partial charge is 0.327 e. The van der Waals surface area contributed by atoms with Crippen LogP contribution in [0.3, 0.4) is 0 Å². The Morgan fingerprint density at radius 2 is 1.82 bits per heavy atom. The number of aliphatic carboxylic acids is 1. The van der Waals surface area contributed by atoms with E-state index in [1.54, 1.807) is 20.8 Å². The molecule has 3 rings (SSSR count). The van der Waals surface area contributed by atoms with E-state index >= 15 is 0 Å². The van der Waals surface area contributed by atoms with Gasteiger partial charge in [-0.1, -0.05) is 36.4 Å². The summed E-state index contributed by atoms with van der Waals surface area (Å²) in [5, 5.41) is 33.4. The number of nitrogens with one attached hydrogen (secondary N) is 1. The Morgan fingerprint density at radius 3 is 2.45 bits per heavy atom. The highest BCUT2D eigenvalue weighted by molar-refractivity contribution is 8.00. The second-order valence-corrected chi connectivity index (χ2v) is 10.2. The molecule has 8 nitrogen and oxygen atoms in total. The largest absolute Gasteiger partial charge is 0.508 e. The van der Waals surface area contributed by atoms with Crippen molar-refractivity contribution in [1.29, 1.82) is 0 Å². The van der Waals surface area contributed by atoms with Gasteiger partial charge < -0.3 is 25.5 Å². The second-order valence-electron chi connectivity index (χ2n) is 8.59. The van der Waals surface area contributed by atoms with Crippen molar-refractivity contribution in [1.82, 2.24) is 10.2 Å². The van der Waals surface area contributed by atoms with Crippen molar-refractivity contribution in [3.05, 3.63) is 65.2 Å². The van der Waals surface area contributed by atoms with Gasteiger partial charge in [-0.05, 0) is 44.9 Å². The summed E-state index contributed by atoms with van der Waals surface area (Å²) >= 11 is 1.32. The Kier molecular flexibility index (Phi) is 7.34. The van der Waals surface area contributed by atoms with Gasteiger partial charge in [0, 0.05) is 15.9 Å². The highest BCUT2D eigenvalue weighted by Gasteiger charge is 2.50. The molecule has 1 saturated heterocycles. The van der Waals surface area contributed by atoms with Gasteiger partial charge in [0.1, 0.15) is 11.8 Å². The number of thioether (sulfide) groups is 1. The van der Waals surface area contributed by atoms with E-state index in [1.165, 1.54) is 30.0 Å². The minimum absolute atomic E-state index is 0.0421. The highest BCUT2D eigenvalue weighted by Crippen LogP contribution is 2.39. The lowest BCUT2D eigenvalue weighted by atomic mass is 9.97. The number of hydrogen-bond acceptors (Lipinski definition) is 6. The van der Waals surface area contributed by atoms with E-state index in [1.807, 2.05) is 30.3 Å². The summed E-state index contributed by atoms with van der Waals surface area (Å²) in [5.41, 5.74) is 1.38. The predicted molar refractivity (Wildman–Crippen MR) is 125 cm³/mol. The standard InChI is InChI=1S/C24H28N2O6S/c1-14-16(10-7-11-18(14)27)21(29)25-17(12-15-8-5-4-6-9-15)19(28)22(30)26-13-33-24(2,3)20(26)23(31)32/h4-11,17,19-20,27-28H,12-13H2,1-3H3,(H,25,29)(H,31,32)/t17-,19+,20-/m1/s1. The first kappa shape index (κ1) is 24.6. The van der Waals surface area contributed by atoms with Gasteiger partial charge in [-0.3, -0.25) is 9.59 Å². The third kappa shape index (κ3) is 5.31. The van der Waals surface area contributed by atoms with Crippen LogP contribution in [0, 0.1) is 6.92 Å². The van der Waals surface area contributed by atoms with Gasteiger partial charge in [0.15, 0.2) is 6.10 Å². The van der Waals surface area contributed by atoms with Gasteiger partial charge in [0.2, 0.25) is 0 Å². The number of carbonyl (C=O) groups excluding carboxylic acids is 2. The van der Waals surface area contributed by atoms with Gasteiger partial charge in [-0.2, -0.15) is 0 Å². The zero-order chi connectivity index (χ0) is 24.3. The SMILES string of the molecule is Cc1c(O)cccc1C(=O)N[C@H](Cc1ccccc1)[C@H](O)C(=O)N1CSC(C)(C)[C@H]1C(=O)O. The molecule has 176 valence electrons. The van der Waals surface area contributed by atoms with Crippen LogP contribution in [0.15, 0.2) is 48.5 Å². The predicted octanol–water partition coefficient (Wildman–Crippen LogP) is 2.17. The van der Waals surface area contributed by atoms with Crippen molar-refractivity contribution in [2.75, 3.05) is 5.88 Å². The van der Waals surface area contributed by atoms with Crippen molar-refractivity contribution in [3.63, 3.8) is 0 Å². The number of hydrogen-bond donors (Lipinski definition) is 4. The molecular weight excluding hydrogens is 444 g/mol. The number of phenols is 1. The van der Waals surface area contributed by atoms with Crippen LogP contribution < -0.4 is 5.32 Å². The van der Waals surface area contributed by atoms with Crippen LogP contribution in [0.25, 0.3) is 0 Å². The van der Waals surface area contributed by atoms with Crippen LogP contribution in [-0.4, -0.2) is 66.8 Å². The van der Waals surface area contributed by atoms with Crippen LogP contribution in [0.5, 0.6) is 5.75 Å². The van der Waals surface area contributed by atoms with Gasteiger partial charge >= 0.3 is 5.97 Å². The zero-order valence-electron chi connectivity index (χ0n) is 18.7. The molecule has 1 heterocycles. The third-order valence-corrected chi connectivity index (χ3v) is 7.24. The fourth-order valence-corrected chi connectivity index (χ4v) is 5.09. The Morgan fingerprint density at radius 1 is 1.15 bits per heavy atom. The Balaban J connectivity index is 1.88.